The molecule has 4 heteroatoms. The van der Waals surface area contributed by atoms with Gasteiger partial charge in [0.15, 0.2) is 0 Å². The monoisotopic (exact) mass is 359 g/mol. The molecule has 114 valence electrons. The Morgan fingerprint density at radius 1 is 1.18 bits per heavy atom. The van der Waals surface area contributed by atoms with Crippen molar-refractivity contribution in [3.05, 3.63) is 63.6 Å². The molecule has 2 aromatic rings. The van der Waals surface area contributed by atoms with Crippen LogP contribution in [0.5, 0.6) is 5.75 Å². The summed E-state index contributed by atoms with van der Waals surface area (Å²) >= 11 is 3.52. The molecular formula is C18H18BrNO2. The Bertz CT molecular complexity index is 684. The molecular weight excluding hydrogens is 342 g/mol. The third-order valence-electron chi connectivity index (χ3n) is 4.33. The number of aldehydes is 1. The van der Waals surface area contributed by atoms with Crippen molar-refractivity contribution in [2.45, 2.75) is 25.6 Å². The zero-order valence-corrected chi connectivity index (χ0v) is 14.2. The third kappa shape index (κ3) is 2.69. The average Bonchev–Trinajstić information content (AvgIpc) is 2.80. The molecule has 0 N–H and O–H groups in total. The first kappa shape index (κ1) is 15.3. The smallest absolute Gasteiger partial charge is 0.141 e. The van der Waals surface area contributed by atoms with Crippen LogP contribution in [0.15, 0.2) is 46.9 Å². The number of ether oxygens (including phenoxy) is 1. The van der Waals surface area contributed by atoms with Crippen molar-refractivity contribution < 1.29 is 9.53 Å². The van der Waals surface area contributed by atoms with Crippen molar-refractivity contribution in [3.8, 4) is 5.75 Å². The molecule has 1 aliphatic rings. The Kier molecular flexibility index (Phi) is 4.32. The van der Waals surface area contributed by atoms with Crippen molar-refractivity contribution >= 4 is 22.2 Å². The van der Waals surface area contributed by atoms with E-state index >= 15 is 0 Å². The van der Waals surface area contributed by atoms with Gasteiger partial charge < -0.3 is 9.53 Å². The van der Waals surface area contributed by atoms with Gasteiger partial charge in [-0.15, -0.1) is 0 Å². The van der Waals surface area contributed by atoms with Gasteiger partial charge in [-0.05, 0) is 47.9 Å². The second-order valence-corrected chi connectivity index (χ2v) is 6.47. The van der Waals surface area contributed by atoms with Crippen LogP contribution in [-0.4, -0.2) is 18.3 Å². The van der Waals surface area contributed by atoms with Gasteiger partial charge in [0.2, 0.25) is 0 Å². The highest BCUT2D eigenvalue weighted by Crippen LogP contribution is 2.42. The largest absolute Gasteiger partial charge is 0.497 e. The van der Waals surface area contributed by atoms with E-state index in [2.05, 4.69) is 33.8 Å². The molecule has 3 nitrogen and oxygen atoms in total. The quantitative estimate of drug-likeness (QED) is 0.763. The summed E-state index contributed by atoms with van der Waals surface area (Å²) < 4.78 is 6.24. The number of hydrogen-bond acceptors (Lipinski definition) is 3. The number of benzene rings is 2. The predicted octanol–water partition coefficient (Wildman–Crippen LogP) is 4.27. The summed E-state index contributed by atoms with van der Waals surface area (Å²) in [5, 5.41) is 0. The molecule has 0 saturated heterocycles. The molecule has 0 aromatic heterocycles. The lowest BCUT2D eigenvalue weighted by Crippen LogP contribution is -2.25. The third-order valence-corrected chi connectivity index (χ3v) is 4.82. The lowest BCUT2D eigenvalue weighted by molar-refractivity contribution is -0.113. The average molecular weight is 360 g/mol. The zero-order chi connectivity index (χ0) is 15.7. The molecule has 2 aromatic carbocycles. The molecule has 2 atom stereocenters. The Balaban J connectivity index is 1.88. The highest BCUT2D eigenvalue weighted by Gasteiger charge is 2.35. The van der Waals surface area contributed by atoms with E-state index in [0.717, 1.165) is 28.6 Å². The molecule has 1 heterocycles. The maximum Gasteiger partial charge on any atom is 0.141 e. The van der Waals surface area contributed by atoms with Gasteiger partial charge in [0.1, 0.15) is 12.0 Å². The van der Waals surface area contributed by atoms with Crippen LogP contribution in [0.1, 0.15) is 35.7 Å². The van der Waals surface area contributed by atoms with E-state index in [9.17, 15) is 4.79 Å². The second kappa shape index (κ2) is 6.23. The number of methoxy groups -OCH3 is 1. The van der Waals surface area contributed by atoms with Gasteiger partial charge >= 0.3 is 0 Å². The molecule has 22 heavy (non-hydrogen) atoms. The molecule has 0 spiro atoms. The standard InChI is InChI=1S/C18H18BrNO2/c1-12-17-9-14(19)5-8-16(17)18(11-21)20(12)10-13-3-6-15(22-2)7-4-13/h3-9,11-12,18H,10H2,1-2H3. The van der Waals surface area contributed by atoms with E-state index in [4.69, 9.17) is 4.74 Å². The molecule has 0 radical (unpaired) electrons. The normalized spacial score (nSPS) is 20.7. The van der Waals surface area contributed by atoms with E-state index in [0.29, 0.717) is 0 Å². The Morgan fingerprint density at radius 2 is 1.91 bits per heavy atom. The van der Waals surface area contributed by atoms with E-state index < -0.39 is 0 Å². The summed E-state index contributed by atoms with van der Waals surface area (Å²) in [4.78, 5) is 13.9. The Hall–Kier alpha value is -1.65. The second-order valence-electron chi connectivity index (χ2n) is 5.55. The number of halogens is 1. The van der Waals surface area contributed by atoms with Gasteiger partial charge in [-0.3, -0.25) is 4.90 Å². The number of rotatable bonds is 4. The molecule has 1 aliphatic heterocycles. The zero-order valence-electron chi connectivity index (χ0n) is 12.6. The fraction of sp³-hybridized carbons (Fsp3) is 0.278. The maximum atomic E-state index is 11.6. The minimum Gasteiger partial charge on any atom is -0.497 e. The van der Waals surface area contributed by atoms with Crippen LogP contribution in [-0.2, 0) is 11.3 Å². The summed E-state index contributed by atoms with van der Waals surface area (Å²) in [7, 11) is 1.66. The Morgan fingerprint density at radius 3 is 2.55 bits per heavy atom. The van der Waals surface area contributed by atoms with Gasteiger partial charge in [-0.1, -0.05) is 34.1 Å². The first-order valence-corrected chi connectivity index (χ1v) is 8.06. The summed E-state index contributed by atoms with van der Waals surface area (Å²) in [6, 6.07) is 14.2. The predicted molar refractivity (Wildman–Crippen MR) is 89.9 cm³/mol. The van der Waals surface area contributed by atoms with Gasteiger partial charge in [0.25, 0.3) is 0 Å². The van der Waals surface area contributed by atoms with Crippen LogP contribution in [0.4, 0.5) is 0 Å². The molecule has 0 fully saturated rings. The number of nitrogens with zero attached hydrogens (tertiary/aromatic N) is 1. The fourth-order valence-electron chi connectivity index (χ4n) is 3.10. The van der Waals surface area contributed by atoms with Gasteiger partial charge in [-0.2, -0.15) is 0 Å². The van der Waals surface area contributed by atoms with Crippen LogP contribution < -0.4 is 4.74 Å². The lowest BCUT2D eigenvalue weighted by Gasteiger charge is -2.25. The van der Waals surface area contributed by atoms with E-state index in [1.165, 1.54) is 11.1 Å². The van der Waals surface area contributed by atoms with Crippen molar-refractivity contribution in [3.63, 3.8) is 0 Å². The van der Waals surface area contributed by atoms with Crippen LogP contribution in [0.25, 0.3) is 0 Å². The number of carbonyl (C=O) groups excluding carboxylic acids is 1. The maximum absolute atomic E-state index is 11.6. The van der Waals surface area contributed by atoms with Gasteiger partial charge in [0.05, 0.1) is 13.2 Å². The molecule has 2 unspecified atom stereocenters. The number of fused-ring (bicyclic) bond motifs is 1. The van der Waals surface area contributed by atoms with Crippen LogP contribution in [0.3, 0.4) is 0 Å². The molecule has 3 rings (SSSR count). The van der Waals surface area contributed by atoms with Crippen molar-refractivity contribution in [2.24, 2.45) is 0 Å². The summed E-state index contributed by atoms with van der Waals surface area (Å²) in [6.45, 7) is 2.89. The first-order chi connectivity index (χ1) is 10.6. The highest BCUT2D eigenvalue weighted by atomic mass is 79.9. The minimum atomic E-state index is -0.180. The number of carbonyl (C=O) groups is 1. The SMILES string of the molecule is COc1ccc(CN2C(C)c3cc(Br)ccc3C2C=O)cc1. The van der Waals surface area contributed by atoms with Crippen LogP contribution >= 0.6 is 15.9 Å². The van der Waals surface area contributed by atoms with E-state index in [1.807, 2.05) is 36.4 Å². The summed E-state index contributed by atoms with van der Waals surface area (Å²) in [6.07, 6.45) is 1.04. The van der Waals surface area contributed by atoms with Crippen LogP contribution in [0, 0.1) is 0 Å². The van der Waals surface area contributed by atoms with Crippen molar-refractivity contribution in [1.29, 1.82) is 0 Å². The molecule has 0 amide bonds. The van der Waals surface area contributed by atoms with Crippen LogP contribution in [0.2, 0.25) is 0 Å². The van der Waals surface area contributed by atoms with E-state index in [-0.39, 0.29) is 12.1 Å². The van der Waals surface area contributed by atoms with Gasteiger partial charge in [-0.25, -0.2) is 0 Å². The van der Waals surface area contributed by atoms with Crippen molar-refractivity contribution in [1.82, 2.24) is 4.90 Å². The topological polar surface area (TPSA) is 29.5 Å². The first-order valence-electron chi connectivity index (χ1n) is 7.27. The summed E-state index contributed by atoms with van der Waals surface area (Å²) in [5.74, 6) is 0.845. The molecule has 0 bridgehead atoms. The Labute approximate surface area is 139 Å². The summed E-state index contributed by atoms with van der Waals surface area (Å²) in [5.41, 5.74) is 3.51. The molecule has 0 saturated carbocycles. The minimum absolute atomic E-state index is 0.180. The van der Waals surface area contributed by atoms with Crippen molar-refractivity contribution in [2.75, 3.05) is 7.11 Å². The van der Waals surface area contributed by atoms with E-state index in [1.54, 1.807) is 7.11 Å². The van der Waals surface area contributed by atoms with Gasteiger partial charge in [0, 0.05) is 17.1 Å². The molecule has 0 aliphatic carbocycles. The number of hydrogen-bond donors (Lipinski definition) is 0. The fourth-order valence-corrected chi connectivity index (χ4v) is 3.48. The highest BCUT2D eigenvalue weighted by molar-refractivity contribution is 9.10. The lowest BCUT2D eigenvalue weighted by atomic mass is 10.0.